The Morgan fingerprint density at radius 2 is 1.76 bits per heavy atom. The maximum atomic E-state index is 12.7. The highest BCUT2D eigenvalue weighted by atomic mass is 32.2. The first kappa shape index (κ1) is 25.8. The molecule has 1 aliphatic heterocycles. The van der Waals surface area contributed by atoms with Crippen molar-refractivity contribution in [3.63, 3.8) is 0 Å². The van der Waals surface area contributed by atoms with Crippen molar-refractivity contribution < 1.29 is 19.0 Å². The molecule has 0 saturated heterocycles. The Bertz CT molecular complexity index is 1380. The second-order valence-corrected chi connectivity index (χ2v) is 10.0. The number of rotatable bonds is 11. The fourth-order valence-corrected chi connectivity index (χ4v) is 5.31. The van der Waals surface area contributed by atoms with Crippen molar-refractivity contribution in [3.8, 4) is 11.5 Å². The van der Waals surface area contributed by atoms with E-state index in [1.54, 1.807) is 18.9 Å². The third-order valence-corrected chi connectivity index (χ3v) is 7.28. The Hall–Kier alpha value is -3.82. The van der Waals surface area contributed by atoms with Gasteiger partial charge in [0.1, 0.15) is 5.82 Å². The second kappa shape index (κ2) is 12.1. The van der Waals surface area contributed by atoms with Gasteiger partial charge in [-0.15, -0.1) is 10.2 Å². The number of thioether (sulfide) groups is 1. The largest absolute Gasteiger partial charge is 0.454 e. The molecule has 0 spiro atoms. The summed E-state index contributed by atoms with van der Waals surface area (Å²) in [5, 5.41) is 12.8. The first-order chi connectivity index (χ1) is 18.6. The molecular weight excluding hydrogens is 500 g/mol. The van der Waals surface area contributed by atoms with E-state index in [9.17, 15) is 4.79 Å². The second-order valence-electron chi connectivity index (χ2n) is 9.09. The molecule has 8 nitrogen and oxygen atoms in total. The average molecular weight is 531 g/mol. The predicted octanol–water partition coefficient (Wildman–Crippen LogP) is 5.03. The van der Waals surface area contributed by atoms with Crippen molar-refractivity contribution in [2.75, 3.05) is 20.5 Å². The van der Waals surface area contributed by atoms with Crippen LogP contribution in [0.4, 0.5) is 0 Å². The normalized spacial score (nSPS) is 12.9. The number of fused-ring (bicyclic) bond motifs is 1. The number of aromatic nitrogens is 3. The summed E-state index contributed by atoms with van der Waals surface area (Å²) in [6, 6.07) is 23.7. The van der Waals surface area contributed by atoms with Gasteiger partial charge >= 0.3 is 0 Å². The highest BCUT2D eigenvalue weighted by Crippen LogP contribution is 2.32. The van der Waals surface area contributed by atoms with E-state index in [0.29, 0.717) is 36.6 Å². The van der Waals surface area contributed by atoms with Gasteiger partial charge in [-0.25, -0.2) is 0 Å². The lowest BCUT2D eigenvalue weighted by atomic mass is 10.1. The van der Waals surface area contributed by atoms with Gasteiger partial charge in [-0.3, -0.25) is 4.79 Å². The lowest BCUT2D eigenvalue weighted by Crippen LogP contribution is -2.22. The molecule has 0 fully saturated rings. The van der Waals surface area contributed by atoms with Crippen LogP contribution in [0.15, 0.2) is 78.0 Å². The maximum Gasteiger partial charge on any atom is 0.251 e. The number of ether oxygens (including phenoxy) is 3. The van der Waals surface area contributed by atoms with Crippen LogP contribution in [-0.2, 0) is 23.5 Å². The highest BCUT2D eigenvalue weighted by Gasteiger charge is 2.19. The summed E-state index contributed by atoms with van der Waals surface area (Å²) >= 11 is 1.63. The zero-order valence-electron chi connectivity index (χ0n) is 21.4. The summed E-state index contributed by atoms with van der Waals surface area (Å²) in [5.41, 5.74) is 3.85. The van der Waals surface area contributed by atoms with Gasteiger partial charge in [0.2, 0.25) is 6.79 Å². The fourth-order valence-electron chi connectivity index (χ4n) is 4.30. The number of hydrogen-bond donors (Lipinski definition) is 1. The topological polar surface area (TPSA) is 87.5 Å². The molecule has 3 aromatic carbocycles. The minimum atomic E-state index is -0.124. The lowest BCUT2D eigenvalue weighted by Gasteiger charge is -2.17. The molecule has 1 atom stereocenters. The number of carbonyl (C=O) groups is 1. The Labute approximate surface area is 226 Å². The van der Waals surface area contributed by atoms with Gasteiger partial charge in [0.15, 0.2) is 16.7 Å². The van der Waals surface area contributed by atoms with Gasteiger partial charge in [0.05, 0.1) is 12.6 Å². The zero-order chi connectivity index (χ0) is 26.3. The minimum absolute atomic E-state index is 0.104. The Morgan fingerprint density at radius 3 is 2.55 bits per heavy atom. The smallest absolute Gasteiger partial charge is 0.251 e. The van der Waals surface area contributed by atoms with E-state index in [1.165, 1.54) is 5.56 Å². The molecule has 1 aliphatic rings. The number of nitrogens with zero attached hydrogens (tertiary/aromatic N) is 3. The van der Waals surface area contributed by atoms with Crippen molar-refractivity contribution in [2.24, 2.45) is 0 Å². The maximum absolute atomic E-state index is 12.7. The molecule has 0 bridgehead atoms. The summed E-state index contributed by atoms with van der Waals surface area (Å²) in [5.74, 6) is 2.94. The minimum Gasteiger partial charge on any atom is -0.454 e. The number of hydrogen-bond acceptors (Lipinski definition) is 7. The lowest BCUT2D eigenvalue weighted by molar-refractivity contribution is 0.0951. The number of methoxy groups -OCH3 is 1. The third kappa shape index (κ3) is 6.17. The molecule has 0 saturated carbocycles. The molecule has 5 rings (SSSR count). The van der Waals surface area contributed by atoms with Crippen LogP contribution < -0.4 is 14.8 Å². The predicted molar refractivity (Wildman–Crippen MR) is 146 cm³/mol. The van der Waals surface area contributed by atoms with E-state index in [4.69, 9.17) is 14.2 Å². The Balaban J connectivity index is 1.20. The van der Waals surface area contributed by atoms with Gasteiger partial charge < -0.3 is 24.1 Å². The zero-order valence-corrected chi connectivity index (χ0v) is 22.2. The van der Waals surface area contributed by atoms with Crippen LogP contribution in [0.1, 0.15) is 45.8 Å². The quantitative estimate of drug-likeness (QED) is 0.272. The van der Waals surface area contributed by atoms with Crippen molar-refractivity contribution >= 4 is 17.7 Å². The van der Waals surface area contributed by atoms with E-state index in [0.717, 1.165) is 27.9 Å². The SMILES string of the molecule is COC[C@@H](C)n1c(Cc2ccccc2)nnc1SCc1ccc(C(=O)NCc2ccc3c(c2)OCO3)cc1. The fraction of sp³-hybridized carbons (Fsp3) is 0.276. The van der Waals surface area contributed by atoms with Gasteiger partial charge in [-0.1, -0.05) is 60.3 Å². The molecular formula is C29H30N4O4S. The van der Waals surface area contributed by atoms with Crippen LogP contribution in [0, 0.1) is 0 Å². The molecule has 4 aromatic rings. The molecule has 38 heavy (non-hydrogen) atoms. The summed E-state index contributed by atoms with van der Waals surface area (Å²) in [7, 11) is 1.71. The molecule has 196 valence electrons. The van der Waals surface area contributed by atoms with E-state index >= 15 is 0 Å². The number of benzene rings is 3. The molecule has 0 unspecified atom stereocenters. The monoisotopic (exact) mass is 530 g/mol. The van der Waals surface area contributed by atoms with Crippen LogP contribution in [0.3, 0.4) is 0 Å². The first-order valence-electron chi connectivity index (χ1n) is 12.5. The number of carbonyl (C=O) groups excluding carboxylic acids is 1. The van der Waals surface area contributed by atoms with Gasteiger partial charge in [0.25, 0.3) is 5.91 Å². The Kier molecular flexibility index (Phi) is 8.25. The summed E-state index contributed by atoms with van der Waals surface area (Å²) in [6.07, 6.45) is 0.707. The van der Waals surface area contributed by atoms with Crippen LogP contribution >= 0.6 is 11.8 Å². The molecule has 0 aliphatic carbocycles. The summed E-state index contributed by atoms with van der Waals surface area (Å²) in [4.78, 5) is 12.7. The molecule has 0 radical (unpaired) electrons. The van der Waals surface area contributed by atoms with Gasteiger partial charge in [-0.05, 0) is 47.9 Å². The standard InChI is InChI=1S/C29H30N4O4S/c1-20(17-35-2)33-27(15-21-6-4-3-5-7-21)31-32-29(33)38-18-22-8-11-24(12-9-22)28(34)30-16-23-10-13-25-26(14-23)37-19-36-25/h3-14,20H,15-19H2,1-2H3,(H,30,34)/t20-/m1/s1. The van der Waals surface area contributed by atoms with E-state index < -0.39 is 0 Å². The molecule has 1 amide bonds. The van der Waals surface area contributed by atoms with E-state index in [2.05, 4.69) is 39.1 Å². The van der Waals surface area contributed by atoms with Crippen molar-refractivity contribution in [3.05, 3.63) is 101 Å². The average Bonchev–Trinajstić information content (AvgIpc) is 3.58. The molecule has 1 N–H and O–H groups in total. The van der Waals surface area contributed by atoms with E-state index in [-0.39, 0.29) is 18.7 Å². The van der Waals surface area contributed by atoms with Crippen LogP contribution in [-0.4, -0.2) is 41.2 Å². The number of nitrogens with one attached hydrogen (secondary N) is 1. The van der Waals surface area contributed by atoms with Crippen LogP contribution in [0.2, 0.25) is 0 Å². The van der Waals surface area contributed by atoms with Crippen molar-refractivity contribution in [2.45, 2.75) is 36.8 Å². The van der Waals surface area contributed by atoms with E-state index in [1.807, 2.05) is 60.7 Å². The Morgan fingerprint density at radius 1 is 1.00 bits per heavy atom. The third-order valence-electron chi connectivity index (χ3n) is 6.26. The highest BCUT2D eigenvalue weighted by molar-refractivity contribution is 7.98. The van der Waals surface area contributed by atoms with Crippen LogP contribution in [0.5, 0.6) is 11.5 Å². The number of amides is 1. The van der Waals surface area contributed by atoms with Gasteiger partial charge in [0, 0.05) is 31.4 Å². The molecule has 1 aromatic heterocycles. The first-order valence-corrected chi connectivity index (χ1v) is 13.4. The van der Waals surface area contributed by atoms with Crippen molar-refractivity contribution in [1.82, 2.24) is 20.1 Å². The molecule has 9 heteroatoms. The summed E-state index contributed by atoms with van der Waals surface area (Å²) < 4.78 is 18.3. The van der Waals surface area contributed by atoms with Gasteiger partial charge in [-0.2, -0.15) is 0 Å². The van der Waals surface area contributed by atoms with Crippen molar-refractivity contribution in [1.29, 1.82) is 0 Å². The summed E-state index contributed by atoms with van der Waals surface area (Å²) in [6.45, 7) is 3.33. The van der Waals surface area contributed by atoms with Crippen LogP contribution in [0.25, 0.3) is 0 Å². The molecule has 2 heterocycles.